The van der Waals surface area contributed by atoms with Crippen LogP contribution in [0.15, 0.2) is 43.5 Å². The number of aliphatic hydroxyl groups is 1. The number of carbonyl (C=O) groups excluding carboxylic acids is 3. The zero-order chi connectivity index (χ0) is 29.4. The molecule has 40 heavy (non-hydrogen) atoms. The highest BCUT2D eigenvalue weighted by atomic mass is 32.2. The number of anilines is 1. The molecule has 1 N–H and O–H groups in total. The van der Waals surface area contributed by atoms with Gasteiger partial charge in [-0.2, -0.15) is 0 Å². The topological polar surface area (TPSA) is 87.1 Å². The van der Waals surface area contributed by atoms with Crippen LogP contribution in [0.25, 0.3) is 0 Å². The summed E-state index contributed by atoms with van der Waals surface area (Å²) in [7, 11) is 0. The Kier molecular flexibility index (Phi) is 9.20. The first-order valence-corrected chi connectivity index (χ1v) is 15.3. The fourth-order valence-corrected chi connectivity index (χ4v) is 9.71. The maximum Gasteiger partial charge on any atom is 0.310 e. The minimum absolute atomic E-state index is 0.0208. The Bertz CT molecular complexity index is 1150. The molecule has 3 saturated heterocycles. The third kappa shape index (κ3) is 4.71. The van der Waals surface area contributed by atoms with Crippen LogP contribution in [0.4, 0.5) is 5.69 Å². The number of hydrogen-bond donors (Lipinski definition) is 1. The third-order valence-corrected chi connectivity index (χ3v) is 11.5. The van der Waals surface area contributed by atoms with E-state index >= 15 is 0 Å². The Labute approximate surface area is 243 Å². The summed E-state index contributed by atoms with van der Waals surface area (Å²) in [6.45, 7) is 18.0. The van der Waals surface area contributed by atoms with E-state index in [9.17, 15) is 19.5 Å². The zero-order valence-electron chi connectivity index (χ0n) is 24.5. The van der Waals surface area contributed by atoms with Crippen LogP contribution in [0, 0.1) is 37.5 Å². The monoisotopic (exact) mass is 568 g/mol. The Balaban J connectivity index is 1.87. The lowest BCUT2D eigenvalue weighted by Gasteiger charge is -2.43. The van der Waals surface area contributed by atoms with E-state index in [-0.39, 0.29) is 54.6 Å². The number of aryl methyl sites for hydroxylation is 2. The van der Waals surface area contributed by atoms with Crippen LogP contribution in [0.1, 0.15) is 51.2 Å². The van der Waals surface area contributed by atoms with Crippen molar-refractivity contribution in [2.24, 2.45) is 23.7 Å². The van der Waals surface area contributed by atoms with Gasteiger partial charge >= 0.3 is 5.97 Å². The Hall–Kier alpha value is -2.58. The Morgan fingerprint density at radius 2 is 1.95 bits per heavy atom. The summed E-state index contributed by atoms with van der Waals surface area (Å²) in [5.74, 6) is -2.10. The summed E-state index contributed by atoms with van der Waals surface area (Å²) in [5.41, 5.74) is 2.73. The zero-order valence-corrected chi connectivity index (χ0v) is 25.3. The van der Waals surface area contributed by atoms with Gasteiger partial charge in [-0.25, -0.2) is 0 Å². The summed E-state index contributed by atoms with van der Waals surface area (Å²) in [5, 5.41) is 10.5. The molecule has 218 valence electrons. The van der Waals surface area contributed by atoms with Gasteiger partial charge in [0.25, 0.3) is 5.91 Å². The molecule has 8 heteroatoms. The van der Waals surface area contributed by atoms with E-state index in [1.54, 1.807) is 33.7 Å². The van der Waals surface area contributed by atoms with Crippen molar-refractivity contribution in [3.05, 3.63) is 54.6 Å². The Morgan fingerprint density at radius 1 is 1.27 bits per heavy atom. The number of nitrogens with zero attached hydrogens (tertiary/aromatic N) is 2. The van der Waals surface area contributed by atoms with E-state index in [1.807, 2.05) is 45.9 Å². The number of fused-ring (bicyclic) bond motifs is 1. The summed E-state index contributed by atoms with van der Waals surface area (Å²) in [6, 6.07) is 4.56. The van der Waals surface area contributed by atoms with Gasteiger partial charge in [0, 0.05) is 17.5 Å². The molecule has 3 aliphatic heterocycles. The van der Waals surface area contributed by atoms with Crippen LogP contribution in [0.5, 0.6) is 0 Å². The highest BCUT2D eigenvalue weighted by molar-refractivity contribution is 8.02. The van der Waals surface area contributed by atoms with E-state index in [1.165, 1.54) is 0 Å². The van der Waals surface area contributed by atoms with E-state index in [0.717, 1.165) is 29.7 Å². The van der Waals surface area contributed by atoms with E-state index < -0.39 is 28.7 Å². The van der Waals surface area contributed by atoms with Crippen LogP contribution in [0.2, 0.25) is 0 Å². The number of para-hydroxylation sites is 1. The minimum atomic E-state index is -0.828. The molecular weight excluding hydrogens is 524 g/mol. The van der Waals surface area contributed by atoms with E-state index in [2.05, 4.69) is 20.1 Å². The molecule has 3 unspecified atom stereocenters. The van der Waals surface area contributed by atoms with Crippen LogP contribution in [-0.4, -0.2) is 69.6 Å². The van der Waals surface area contributed by atoms with Gasteiger partial charge in [0.15, 0.2) is 0 Å². The molecule has 3 aliphatic rings. The smallest absolute Gasteiger partial charge is 0.310 e. The van der Waals surface area contributed by atoms with E-state index in [4.69, 9.17) is 4.74 Å². The second-order valence-electron chi connectivity index (χ2n) is 11.7. The highest BCUT2D eigenvalue weighted by Crippen LogP contribution is 2.69. The van der Waals surface area contributed by atoms with Crippen molar-refractivity contribution in [1.29, 1.82) is 0 Å². The molecule has 2 amide bonds. The largest absolute Gasteiger partial charge is 0.465 e. The quantitative estimate of drug-likeness (QED) is 0.224. The fraction of sp³-hybridized carbons (Fsp3) is 0.594. The lowest BCUT2D eigenvalue weighted by Crippen LogP contribution is -2.60. The van der Waals surface area contributed by atoms with Gasteiger partial charge in [0.1, 0.15) is 6.04 Å². The molecule has 1 aromatic rings. The van der Waals surface area contributed by atoms with Crippen molar-refractivity contribution in [2.45, 2.75) is 76.0 Å². The van der Waals surface area contributed by atoms with Gasteiger partial charge in [-0.05, 0) is 49.7 Å². The van der Waals surface area contributed by atoms with Gasteiger partial charge in [0.05, 0.1) is 35.8 Å². The molecule has 0 saturated carbocycles. The average Bonchev–Trinajstić information content (AvgIpc) is 3.52. The first-order chi connectivity index (χ1) is 19.1. The summed E-state index contributed by atoms with van der Waals surface area (Å²) in [4.78, 5) is 46.4. The molecule has 3 heterocycles. The number of carbonyl (C=O) groups is 3. The maximum absolute atomic E-state index is 14.9. The molecule has 3 fully saturated rings. The van der Waals surface area contributed by atoms with Crippen LogP contribution in [-0.2, 0) is 19.1 Å². The first kappa shape index (κ1) is 30.4. The normalized spacial score (nSPS) is 30.1. The van der Waals surface area contributed by atoms with Gasteiger partial charge in [-0.3, -0.25) is 14.4 Å². The van der Waals surface area contributed by atoms with Crippen molar-refractivity contribution in [1.82, 2.24) is 4.90 Å². The first-order valence-electron chi connectivity index (χ1n) is 14.5. The Morgan fingerprint density at radius 3 is 2.52 bits per heavy atom. The van der Waals surface area contributed by atoms with Crippen molar-refractivity contribution in [3.8, 4) is 0 Å². The molecule has 1 aromatic carbocycles. The SMILES string of the molecule is C=CCCOC(=O)[C@@H]1[C@H]2C(=O)N([C@@H](CO)[C@@H](C)CC)C(C(=O)N(CC=C)c3c(C)cccc3C)C23S[C@@H]1CC3C. The molecular formula is C32H44N2O5S. The number of benzene rings is 1. The number of aliphatic hydroxyl groups excluding tert-OH is 1. The molecule has 2 bridgehead atoms. The molecule has 8 atom stereocenters. The molecule has 0 aliphatic carbocycles. The van der Waals surface area contributed by atoms with Crippen molar-refractivity contribution in [2.75, 3.05) is 24.7 Å². The lowest BCUT2D eigenvalue weighted by atomic mass is 9.66. The summed E-state index contributed by atoms with van der Waals surface area (Å²) >= 11 is 1.63. The van der Waals surface area contributed by atoms with Gasteiger partial charge in [-0.1, -0.05) is 57.5 Å². The standard InChI is InChI=1S/C32H44N2O5S/c1-8-11-16-39-31(38)25-24-17-22(7)32(40-24)26(25)29(36)34(23(18-35)19(4)10-3)28(32)30(37)33(15-9-2)27-20(5)13-12-14-21(27)6/h8-9,12-14,19,22-26,28,35H,1-2,10-11,15-18H2,3-7H3/t19-,22?,23-,24+,25-,26-,28?,32?/m0/s1. The number of likely N-dealkylation sites (tertiary alicyclic amines) is 1. The predicted octanol–water partition coefficient (Wildman–Crippen LogP) is 4.69. The predicted molar refractivity (Wildman–Crippen MR) is 160 cm³/mol. The summed E-state index contributed by atoms with van der Waals surface area (Å²) in [6.07, 6.45) is 5.41. The van der Waals surface area contributed by atoms with Crippen molar-refractivity contribution < 1.29 is 24.2 Å². The highest BCUT2D eigenvalue weighted by Gasteiger charge is 2.77. The third-order valence-electron chi connectivity index (χ3n) is 9.39. The van der Waals surface area contributed by atoms with Crippen LogP contribution >= 0.6 is 11.8 Å². The van der Waals surface area contributed by atoms with Crippen molar-refractivity contribution in [3.63, 3.8) is 0 Å². The van der Waals surface area contributed by atoms with Gasteiger partial charge in [0.2, 0.25) is 5.91 Å². The molecule has 0 aromatic heterocycles. The number of thioether (sulfide) groups is 1. The number of rotatable bonds is 12. The summed E-state index contributed by atoms with van der Waals surface area (Å²) < 4.78 is 4.83. The molecule has 7 nitrogen and oxygen atoms in total. The number of hydrogen-bond acceptors (Lipinski definition) is 6. The van der Waals surface area contributed by atoms with Crippen molar-refractivity contribution >= 4 is 35.2 Å². The number of amides is 2. The minimum Gasteiger partial charge on any atom is -0.465 e. The van der Waals surface area contributed by atoms with E-state index in [0.29, 0.717) is 6.42 Å². The maximum atomic E-state index is 14.9. The van der Waals surface area contributed by atoms with Crippen LogP contribution in [0.3, 0.4) is 0 Å². The van der Waals surface area contributed by atoms with Gasteiger partial charge in [-0.15, -0.1) is 24.9 Å². The molecule has 4 rings (SSSR count). The molecule has 0 radical (unpaired) electrons. The van der Waals surface area contributed by atoms with Crippen LogP contribution < -0.4 is 4.90 Å². The second-order valence-corrected chi connectivity index (χ2v) is 13.2. The number of esters is 1. The second kappa shape index (κ2) is 12.1. The molecule has 1 spiro atoms. The fourth-order valence-electron chi connectivity index (χ4n) is 7.32. The average molecular weight is 569 g/mol. The van der Waals surface area contributed by atoms with Gasteiger partial charge < -0.3 is 19.6 Å². The number of ether oxygens (including phenoxy) is 1. The lowest BCUT2D eigenvalue weighted by molar-refractivity contribution is -0.155.